The van der Waals surface area contributed by atoms with E-state index in [-0.39, 0.29) is 11.7 Å². The van der Waals surface area contributed by atoms with Gasteiger partial charge in [0.1, 0.15) is 5.75 Å². The number of carbonyl (C=O) groups excluding carboxylic acids is 1. The highest BCUT2D eigenvalue weighted by molar-refractivity contribution is 7.99. The van der Waals surface area contributed by atoms with Crippen molar-refractivity contribution < 1.29 is 9.53 Å². The molecular weight excluding hydrogens is 460 g/mol. The summed E-state index contributed by atoms with van der Waals surface area (Å²) in [5, 5.41) is 12.7. The summed E-state index contributed by atoms with van der Waals surface area (Å²) in [6, 6.07) is 16.0. The van der Waals surface area contributed by atoms with E-state index in [0.29, 0.717) is 5.16 Å². The summed E-state index contributed by atoms with van der Waals surface area (Å²) in [7, 11) is 1.67. The lowest BCUT2D eigenvalue weighted by molar-refractivity contribution is -0.113. The number of piperidine rings is 1. The van der Waals surface area contributed by atoms with Crippen molar-refractivity contribution in [2.45, 2.75) is 37.3 Å². The van der Waals surface area contributed by atoms with Crippen molar-refractivity contribution >= 4 is 35.0 Å². The fourth-order valence-corrected chi connectivity index (χ4v) is 5.48. The smallest absolute Gasteiger partial charge is 0.234 e. The van der Waals surface area contributed by atoms with Crippen LogP contribution in [-0.4, -0.2) is 59.7 Å². The van der Waals surface area contributed by atoms with E-state index in [2.05, 4.69) is 37.4 Å². The van der Waals surface area contributed by atoms with Crippen molar-refractivity contribution in [2.24, 2.45) is 0 Å². The topological polar surface area (TPSA) is 75.5 Å². The van der Waals surface area contributed by atoms with Crippen LogP contribution in [0.25, 0.3) is 5.69 Å². The van der Waals surface area contributed by atoms with Gasteiger partial charge in [0.15, 0.2) is 5.16 Å². The number of amides is 1. The van der Waals surface area contributed by atoms with Gasteiger partial charge in [0.05, 0.1) is 18.6 Å². The van der Waals surface area contributed by atoms with Gasteiger partial charge in [-0.25, -0.2) is 0 Å². The molecule has 0 atom stereocenters. The molecule has 0 saturated carbocycles. The number of rotatable bonds is 8. The number of anilines is 3. The Morgan fingerprint density at radius 1 is 0.914 bits per heavy atom. The molecular formula is C26H32N6O2S. The second kappa shape index (κ2) is 11.0. The molecule has 3 aromatic rings. The van der Waals surface area contributed by atoms with Gasteiger partial charge in [-0.3, -0.25) is 9.36 Å². The molecule has 2 aliphatic rings. The Balaban J connectivity index is 1.30. The maximum Gasteiger partial charge on any atom is 0.234 e. The molecule has 2 fully saturated rings. The van der Waals surface area contributed by atoms with Crippen molar-refractivity contribution in [1.82, 2.24) is 14.8 Å². The van der Waals surface area contributed by atoms with Crippen LogP contribution < -0.4 is 19.9 Å². The van der Waals surface area contributed by atoms with Gasteiger partial charge in [-0.15, -0.1) is 10.2 Å². The van der Waals surface area contributed by atoms with Gasteiger partial charge in [-0.1, -0.05) is 23.9 Å². The largest absolute Gasteiger partial charge is 0.495 e. The molecule has 1 aromatic heterocycles. The highest BCUT2D eigenvalue weighted by atomic mass is 32.2. The minimum absolute atomic E-state index is 0.0713. The third kappa shape index (κ3) is 5.40. The van der Waals surface area contributed by atoms with E-state index in [1.54, 1.807) is 7.11 Å². The lowest BCUT2D eigenvalue weighted by Crippen LogP contribution is -2.31. The highest BCUT2D eigenvalue weighted by Crippen LogP contribution is 2.33. The molecule has 1 amide bonds. The zero-order valence-corrected chi connectivity index (χ0v) is 21.0. The molecule has 8 nitrogen and oxygen atoms in total. The van der Waals surface area contributed by atoms with Crippen LogP contribution in [0.3, 0.4) is 0 Å². The molecule has 0 unspecified atom stereocenters. The van der Waals surface area contributed by atoms with Crippen LogP contribution >= 0.6 is 11.8 Å². The second-order valence-corrected chi connectivity index (χ2v) is 9.86. The van der Waals surface area contributed by atoms with Crippen LogP contribution in [0.15, 0.2) is 53.7 Å². The first kappa shape index (κ1) is 23.5. The molecule has 1 N–H and O–H groups in total. The van der Waals surface area contributed by atoms with E-state index in [0.717, 1.165) is 62.1 Å². The third-order valence-corrected chi connectivity index (χ3v) is 7.46. The van der Waals surface area contributed by atoms with Crippen LogP contribution in [0.4, 0.5) is 17.3 Å². The van der Waals surface area contributed by atoms with Crippen molar-refractivity contribution in [3.05, 3.63) is 48.5 Å². The zero-order valence-electron chi connectivity index (χ0n) is 20.2. The van der Waals surface area contributed by atoms with E-state index in [1.165, 1.54) is 36.7 Å². The Morgan fingerprint density at radius 3 is 2.34 bits per heavy atom. The van der Waals surface area contributed by atoms with Crippen LogP contribution in [-0.2, 0) is 4.79 Å². The Labute approximate surface area is 210 Å². The third-order valence-electron chi connectivity index (χ3n) is 6.54. The SMILES string of the molecule is COc1ccccc1-n1c(SCC(=O)Nc2ccc(N3CCCC3)cc2)nnc1N1CCCCC1. The Hall–Kier alpha value is -3.20. The fourth-order valence-electron chi connectivity index (χ4n) is 4.74. The minimum Gasteiger partial charge on any atom is -0.495 e. The number of hydrogen-bond donors (Lipinski definition) is 1. The average molecular weight is 493 g/mol. The monoisotopic (exact) mass is 492 g/mol. The van der Waals surface area contributed by atoms with Crippen molar-refractivity contribution in [2.75, 3.05) is 54.2 Å². The molecule has 0 spiro atoms. The van der Waals surface area contributed by atoms with Crippen molar-refractivity contribution in [3.8, 4) is 11.4 Å². The van der Waals surface area contributed by atoms with Gasteiger partial charge in [0.2, 0.25) is 11.9 Å². The summed E-state index contributed by atoms with van der Waals surface area (Å²) in [4.78, 5) is 17.4. The number of hydrogen-bond acceptors (Lipinski definition) is 7. The Kier molecular flexibility index (Phi) is 7.42. The average Bonchev–Trinajstić information content (AvgIpc) is 3.59. The van der Waals surface area contributed by atoms with Gasteiger partial charge < -0.3 is 19.9 Å². The van der Waals surface area contributed by atoms with E-state index < -0.39 is 0 Å². The highest BCUT2D eigenvalue weighted by Gasteiger charge is 2.24. The first-order valence-corrected chi connectivity index (χ1v) is 13.3. The number of thioether (sulfide) groups is 1. The van der Waals surface area contributed by atoms with E-state index >= 15 is 0 Å². The van der Waals surface area contributed by atoms with Crippen LogP contribution in [0, 0.1) is 0 Å². The number of methoxy groups -OCH3 is 1. The summed E-state index contributed by atoms with van der Waals surface area (Å²) in [5.41, 5.74) is 2.89. The predicted molar refractivity (Wildman–Crippen MR) is 141 cm³/mol. The maximum absolute atomic E-state index is 12.8. The molecule has 5 rings (SSSR count). The summed E-state index contributed by atoms with van der Waals surface area (Å²) < 4.78 is 7.65. The standard InChI is InChI=1S/C26H32N6O2S/c1-34-23-10-4-3-9-22(23)32-25(31-17-5-2-6-18-31)28-29-26(32)35-19-24(33)27-20-11-13-21(14-12-20)30-15-7-8-16-30/h3-4,9-14H,2,5-8,15-19H2,1H3,(H,27,33). The second-order valence-electron chi connectivity index (χ2n) is 8.92. The molecule has 2 aliphatic heterocycles. The number of ether oxygens (including phenoxy) is 1. The normalized spacial score (nSPS) is 15.9. The van der Waals surface area contributed by atoms with E-state index in [9.17, 15) is 4.79 Å². The first-order valence-electron chi connectivity index (χ1n) is 12.3. The quantitative estimate of drug-likeness (QED) is 0.461. The molecule has 2 saturated heterocycles. The molecule has 184 valence electrons. The number of aromatic nitrogens is 3. The van der Waals surface area contributed by atoms with Crippen LogP contribution in [0.2, 0.25) is 0 Å². The number of nitrogens with zero attached hydrogens (tertiary/aromatic N) is 5. The number of carbonyl (C=O) groups is 1. The van der Waals surface area contributed by atoms with Gasteiger partial charge in [0, 0.05) is 37.6 Å². The van der Waals surface area contributed by atoms with E-state index in [1.807, 2.05) is 41.0 Å². The van der Waals surface area contributed by atoms with E-state index in [4.69, 9.17) is 4.74 Å². The predicted octanol–water partition coefficient (Wildman–Crippen LogP) is 4.60. The Morgan fingerprint density at radius 2 is 1.60 bits per heavy atom. The molecule has 0 radical (unpaired) electrons. The fraction of sp³-hybridized carbons (Fsp3) is 0.423. The first-order chi connectivity index (χ1) is 17.2. The van der Waals surface area contributed by atoms with Gasteiger partial charge in [-0.05, 0) is 68.5 Å². The summed E-state index contributed by atoms with van der Waals surface area (Å²) >= 11 is 1.38. The number of para-hydroxylation sites is 2. The van der Waals surface area contributed by atoms with Crippen molar-refractivity contribution in [3.63, 3.8) is 0 Å². The lowest BCUT2D eigenvalue weighted by atomic mass is 10.1. The number of benzene rings is 2. The maximum atomic E-state index is 12.8. The Bertz CT molecular complexity index is 1140. The molecule has 9 heteroatoms. The van der Waals surface area contributed by atoms with Crippen LogP contribution in [0.1, 0.15) is 32.1 Å². The molecule has 2 aromatic carbocycles. The summed E-state index contributed by atoms with van der Waals surface area (Å²) in [5.74, 6) is 1.71. The van der Waals surface area contributed by atoms with Crippen molar-refractivity contribution in [1.29, 1.82) is 0 Å². The molecule has 3 heterocycles. The zero-order chi connectivity index (χ0) is 24.0. The van der Waals surface area contributed by atoms with Gasteiger partial charge >= 0.3 is 0 Å². The van der Waals surface area contributed by atoms with Crippen LogP contribution in [0.5, 0.6) is 5.75 Å². The number of nitrogens with one attached hydrogen (secondary N) is 1. The van der Waals surface area contributed by atoms with Gasteiger partial charge in [-0.2, -0.15) is 0 Å². The summed E-state index contributed by atoms with van der Waals surface area (Å²) in [6.07, 6.45) is 6.00. The molecule has 0 aliphatic carbocycles. The molecule has 0 bridgehead atoms. The lowest BCUT2D eigenvalue weighted by Gasteiger charge is -2.28. The summed E-state index contributed by atoms with van der Waals surface area (Å²) in [6.45, 7) is 4.11. The minimum atomic E-state index is -0.0713. The molecule has 35 heavy (non-hydrogen) atoms. The van der Waals surface area contributed by atoms with Gasteiger partial charge in [0.25, 0.3) is 0 Å².